The normalized spacial score (nSPS) is 26.4. The molecule has 26 heavy (non-hydrogen) atoms. The van der Waals surface area contributed by atoms with E-state index in [1.807, 2.05) is 11.8 Å². The van der Waals surface area contributed by atoms with Gasteiger partial charge < -0.3 is 10.2 Å². The summed E-state index contributed by atoms with van der Waals surface area (Å²) in [6.45, 7) is 8.59. The van der Waals surface area contributed by atoms with Crippen molar-refractivity contribution in [3.63, 3.8) is 0 Å². The Morgan fingerprint density at radius 3 is 2.46 bits per heavy atom. The fraction of sp³-hybridized carbons (Fsp3) is 0.933. The average Bonchev–Trinajstić information content (AvgIpc) is 2.95. The van der Waals surface area contributed by atoms with Gasteiger partial charge in [0, 0.05) is 39.3 Å². The van der Waals surface area contributed by atoms with Crippen LogP contribution in [0.1, 0.15) is 27.2 Å². The Morgan fingerprint density at radius 2 is 1.96 bits per heavy atom. The first-order chi connectivity index (χ1) is 11.5. The van der Waals surface area contributed by atoms with Crippen molar-refractivity contribution in [2.45, 2.75) is 31.9 Å². The minimum Gasteiger partial charge on any atom is -0.357 e. The Balaban J connectivity index is 0.00000338. The van der Waals surface area contributed by atoms with Crippen LogP contribution in [0.4, 0.5) is 0 Å². The van der Waals surface area contributed by atoms with Crippen molar-refractivity contribution >= 4 is 49.8 Å². The van der Waals surface area contributed by atoms with Crippen molar-refractivity contribution < 1.29 is 16.8 Å². The predicted octanol–water partition coefficient (Wildman–Crippen LogP) is 0.360. The number of hydrogen-bond donors (Lipinski definition) is 1. The van der Waals surface area contributed by atoms with Crippen LogP contribution in [-0.4, -0.2) is 88.0 Å². The van der Waals surface area contributed by atoms with Crippen LogP contribution >= 0.6 is 24.0 Å². The van der Waals surface area contributed by atoms with E-state index in [-0.39, 0.29) is 35.6 Å². The van der Waals surface area contributed by atoms with Gasteiger partial charge in [0.2, 0.25) is 10.0 Å². The number of sulfonamides is 1. The highest BCUT2D eigenvalue weighted by molar-refractivity contribution is 14.0. The second-order valence-corrected chi connectivity index (χ2v) is 12.2. The fourth-order valence-electron chi connectivity index (χ4n) is 3.21. The molecule has 0 aromatic heterocycles. The first-order valence-corrected chi connectivity index (χ1v) is 12.2. The van der Waals surface area contributed by atoms with Crippen LogP contribution in [0.25, 0.3) is 0 Å². The zero-order valence-electron chi connectivity index (χ0n) is 15.9. The van der Waals surface area contributed by atoms with Crippen LogP contribution in [-0.2, 0) is 19.9 Å². The van der Waals surface area contributed by atoms with E-state index in [2.05, 4.69) is 10.3 Å². The minimum absolute atomic E-state index is 0. The number of halogens is 1. The Kier molecular flexibility index (Phi) is 8.19. The van der Waals surface area contributed by atoms with E-state index in [1.54, 1.807) is 13.8 Å². The summed E-state index contributed by atoms with van der Waals surface area (Å²) in [6.07, 6.45) is 2.04. The van der Waals surface area contributed by atoms with Crippen LogP contribution in [0.5, 0.6) is 0 Å². The molecule has 1 N–H and O–H groups in total. The molecule has 0 bridgehead atoms. The lowest BCUT2D eigenvalue weighted by molar-refractivity contribution is 0.352. The monoisotopic (exact) mass is 522 g/mol. The molecule has 0 radical (unpaired) electrons. The molecular formula is C15H31IN4O4S2. The molecule has 154 valence electrons. The van der Waals surface area contributed by atoms with E-state index in [4.69, 9.17) is 0 Å². The Hall–Kier alpha value is -0.140. The molecule has 2 saturated heterocycles. The van der Waals surface area contributed by atoms with E-state index in [9.17, 15) is 16.8 Å². The van der Waals surface area contributed by atoms with Crippen molar-refractivity contribution in [3.05, 3.63) is 0 Å². The second-order valence-electron chi connectivity index (χ2n) is 7.47. The summed E-state index contributed by atoms with van der Waals surface area (Å²) in [5.74, 6) is 1.03. The highest BCUT2D eigenvalue weighted by Gasteiger charge is 2.41. The highest BCUT2D eigenvalue weighted by atomic mass is 127. The SMILES string of the molecule is CCNC(=NCC1CCN(S(C)(=O)=O)C1)N1CCS(=O)(=O)C(C)(C)C1.I. The maximum Gasteiger partial charge on any atom is 0.211 e. The maximum atomic E-state index is 12.2. The van der Waals surface area contributed by atoms with Gasteiger partial charge in [0.25, 0.3) is 0 Å². The molecule has 2 rings (SSSR count). The molecule has 0 aliphatic carbocycles. The molecule has 0 amide bonds. The van der Waals surface area contributed by atoms with Crippen LogP contribution in [0.3, 0.4) is 0 Å². The summed E-state index contributed by atoms with van der Waals surface area (Å²) in [5, 5.41) is 3.23. The van der Waals surface area contributed by atoms with Gasteiger partial charge in [0.1, 0.15) is 0 Å². The topological polar surface area (TPSA) is 99.2 Å². The molecule has 0 saturated carbocycles. The zero-order chi connectivity index (χ0) is 18.9. The summed E-state index contributed by atoms with van der Waals surface area (Å²) in [6, 6.07) is 0. The van der Waals surface area contributed by atoms with Crippen molar-refractivity contribution in [1.82, 2.24) is 14.5 Å². The van der Waals surface area contributed by atoms with Gasteiger partial charge in [-0.05, 0) is 33.1 Å². The van der Waals surface area contributed by atoms with Gasteiger partial charge in [0.05, 0.1) is 16.8 Å². The Morgan fingerprint density at radius 1 is 1.31 bits per heavy atom. The Labute approximate surface area is 174 Å². The molecule has 11 heteroatoms. The fourth-order valence-corrected chi connectivity index (χ4v) is 5.50. The van der Waals surface area contributed by atoms with E-state index in [0.717, 1.165) is 6.42 Å². The van der Waals surface area contributed by atoms with Crippen LogP contribution in [0.15, 0.2) is 4.99 Å². The predicted molar refractivity (Wildman–Crippen MR) is 115 cm³/mol. The van der Waals surface area contributed by atoms with Crippen molar-refractivity contribution in [3.8, 4) is 0 Å². The minimum atomic E-state index is -3.14. The van der Waals surface area contributed by atoms with E-state index < -0.39 is 24.6 Å². The third kappa shape index (κ3) is 5.68. The van der Waals surface area contributed by atoms with Crippen molar-refractivity contribution in [2.75, 3.05) is 51.3 Å². The first-order valence-electron chi connectivity index (χ1n) is 8.67. The summed E-state index contributed by atoms with van der Waals surface area (Å²) in [4.78, 5) is 6.66. The third-order valence-corrected chi connectivity index (χ3v) is 8.70. The molecule has 2 fully saturated rings. The van der Waals surface area contributed by atoms with Crippen LogP contribution in [0.2, 0.25) is 0 Å². The molecule has 1 unspecified atom stereocenters. The van der Waals surface area contributed by atoms with Gasteiger partial charge in [0.15, 0.2) is 15.8 Å². The lowest BCUT2D eigenvalue weighted by Gasteiger charge is -2.39. The second kappa shape index (κ2) is 8.91. The van der Waals surface area contributed by atoms with E-state index >= 15 is 0 Å². The van der Waals surface area contributed by atoms with Gasteiger partial charge in [-0.25, -0.2) is 21.1 Å². The Bertz CT molecular complexity index is 722. The molecule has 2 aliphatic heterocycles. The molecule has 2 aliphatic rings. The van der Waals surface area contributed by atoms with Crippen molar-refractivity contribution in [2.24, 2.45) is 10.9 Å². The number of aliphatic imine (C=N–C) groups is 1. The van der Waals surface area contributed by atoms with Crippen LogP contribution < -0.4 is 5.32 Å². The molecule has 2 heterocycles. The lowest BCUT2D eigenvalue weighted by Crippen LogP contribution is -2.57. The highest BCUT2D eigenvalue weighted by Crippen LogP contribution is 2.24. The zero-order valence-corrected chi connectivity index (χ0v) is 19.9. The summed E-state index contributed by atoms with van der Waals surface area (Å²) in [5.41, 5.74) is 0. The van der Waals surface area contributed by atoms with Gasteiger partial charge in [-0.3, -0.25) is 4.99 Å². The smallest absolute Gasteiger partial charge is 0.211 e. The molecule has 1 atom stereocenters. The maximum absolute atomic E-state index is 12.2. The molecule has 0 spiro atoms. The number of guanidine groups is 1. The standard InChI is InChI=1S/C15H30N4O4S2.HI/c1-5-16-14(18-8-9-25(22,23)15(2,3)12-18)17-10-13-6-7-19(11-13)24(4,20)21;/h13H,5-12H2,1-4H3,(H,16,17);1H. The summed E-state index contributed by atoms with van der Waals surface area (Å²) in [7, 11) is -6.24. The average molecular weight is 522 g/mol. The molecular weight excluding hydrogens is 491 g/mol. The molecule has 0 aromatic carbocycles. The van der Waals surface area contributed by atoms with E-state index in [0.29, 0.717) is 45.2 Å². The van der Waals surface area contributed by atoms with E-state index in [1.165, 1.54) is 10.6 Å². The number of nitrogens with one attached hydrogen (secondary N) is 1. The third-order valence-electron chi connectivity index (χ3n) is 4.89. The largest absolute Gasteiger partial charge is 0.357 e. The number of rotatable bonds is 4. The molecule has 8 nitrogen and oxygen atoms in total. The quantitative estimate of drug-likeness (QED) is 0.325. The summed E-state index contributed by atoms with van der Waals surface area (Å²) >= 11 is 0. The summed E-state index contributed by atoms with van der Waals surface area (Å²) < 4.78 is 48.3. The van der Waals surface area contributed by atoms with Gasteiger partial charge in [-0.1, -0.05) is 0 Å². The number of sulfone groups is 1. The van der Waals surface area contributed by atoms with Gasteiger partial charge in [-0.2, -0.15) is 0 Å². The van der Waals surface area contributed by atoms with Gasteiger partial charge in [-0.15, -0.1) is 24.0 Å². The van der Waals surface area contributed by atoms with Crippen molar-refractivity contribution in [1.29, 1.82) is 0 Å². The lowest BCUT2D eigenvalue weighted by atomic mass is 10.1. The van der Waals surface area contributed by atoms with Gasteiger partial charge >= 0.3 is 0 Å². The number of nitrogens with zero attached hydrogens (tertiary/aromatic N) is 3. The number of hydrogen-bond acceptors (Lipinski definition) is 5. The van der Waals surface area contributed by atoms with Crippen LogP contribution in [0, 0.1) is 5.92 Å². The first kappa shape index (κ1) is 23.9. The molecule has 0 aromatic rings.